The quantitative estimate of drug-likeness (QED) is 0.853. The minimum atomic E-state index is 0. The second-order valence-electron chi connectivity index (χ2n) is 3.96. The zero-order valence-electron chi connectivity index (χ0n) is 10.4. The average Bonchev–Trinajstić information content (AvgIpc) is 2.39. The van der Waals surface area contributed by atoms with Crippen LogP contribution in [0.3, 0.4) is 0 Å². The maximum atomic E-state index is 4.39. The molecule has 0 fully saturated rings. The highest BCUT2D eigenvalue weighted by molar-refractivity contribution is 8.93. The summed E-state index contributed by atoms with van der Waals surface area (Å²) in [6.07, 6.45) is 4.49. The molecule has 1 aromatic carbocycles. The minimum absolute atomic E-state index is 0. The molecule has 0 aliphatic rings. The molecule has 0 amide bonds. The van der Waals surface area contributed by atoms with Crippen molar-refractivity contribution in [2.24, 2.45) is 0 Å². The molecule has 0 atom stereocenters. The van der Waals surface area contributed by atoms with Gasteiger partial charge in [-0.15, -0.1) is 17.0 Å². The molecule has 1 aromatic heterocycles. The van der Waals surface area contributed by atoms with Gasteiger partial charge in [-0.2, -0.15) is 0 Å². The third kappa shape index (κ3) is 3.70. The van der Waals surface area contributed by atoms with E-state index in [1.54, 1.807) is 6.20 Å². The van der Waals surface area contributed by atoms with E-state index in [2.05, 4.69) is 41.9 Å². The summed E-state index contributed by atoms with van der Waals surface area (Å²) in [4.78, 5) is 6.37. The second kappa shape index (κ2) is 6.97. The molecule has 1 heterocycles. The van der Waals surface area contributed by atoms with E-state index >= 15 is 0 Å². The molecular weight excluding hydrogens is 288 g/mol. The summed E-state index contributed by atoms with van der Waals surface area (Å²) in [6, 6.07) is 14.4. The van der Waals surface area contributed by atoms with Crippen molar-refractivity contribution in [3.05, 3.63) is 72.7 Å². The maximum absolute atomic E-state index is 4.39. The predicted molar refractivity (Wildman–Crippen MR) is 82.4 cm³/mol. The van der Waals surface area contributed by atoms with Crippen molar-refractivity contribution in [1.29, 1.82) is 0 Å². The monoisotopic (exact) mass is 304 g/mol. The van der Waals surface area contributed by atoms with Gasteiger partial charge in [-0.05, 0) is 23.9 Å². The Kier molecular flexibility index (Phi) is 5.59. The van der Waals surface area contributed by atoms with Crippen molar-refractivity contribution in [3.8, 4) is 0 Å². The van der Waals surface area contributed by atoms with Crippen LogP contribution in [0.4, 0.5) is 5.69 Å². The van der Waals surface area contributed by atoms with Crippen LogP contribution in [-0.2, 0) is 6.42 Å². The Hall–Kier alpha value is -1.61. The summed E-state index contributed by atoms with van der Waals surface area (Å²) in [5, 5.41) is 0. The predicted octanol–water partition coefficient (Wildman–Crippen LogP) is 3.83. The summed E-state index contributed by atoms with van der Waals surface area (Å²) in [7, 11) is 1.98. The van der Waals surface area contributed by atoms with E-state index in [-0.39, 0.29) is 17.0 Å². The normalized spacial score (nSPS) is 9.39. The van der Waals surface area contributed by atoms with Crippen LogP contribution in [0, 0.1) is 0 Å². The van der Waals surface area contributed by atoms with Gasteiger partial charge in [-0.1, -0.05) is 36.9 Å². The van der Waals surface area contributed by atoms with E-state index in [0.717, 1.165) is 17.8 Å². The van der Waals surface area contributed by atoms with Gasteiger partial charge in [0.15, 0.2) is 0 Å². The Morgan fingerprint density at radius 3 is 2.61 bits per heavy atom. The first-order valence-electron chi connectivity index (χ1n) is 5.64. The van der Waals surface area contributed by atoms with Gasteiger partial charge in [0.2, 0.25) is 0 Å². The van der Waals surface area contributed by atoms with Crippen LogP contribution in [0.25, 0.3) is 0 Å². The Balaban J connectivity index is 0.00000162. The number of hydrogen-bond acceptors (Lipinski definition) is 2. The van der Waals surface area contributed by atoms with Gasteiger partial charge >= 0.3 is 0 Å². The van der Waals surface area contributed by atoms with E-state index in [0.29, 0.717) is 0 Å². The molecule has 2 nitrogen and oxygen atoms in total. The number of halogens is 1. The molecule has 0 saturated heterocycles. The molecule has 18 heavy (non-hydrogen) atoms. The fourth-order valence-corrected chi connectivity index (χ4v) is 1.69. The fraction of sp³-hybridized carbons (Fsp3) is 0.133. The highest BCUT2D eigenvalue weighted by Crippen LogP contribution is 2.15. The zero-order valence-corrected chi connectivity index (χ0v) is 12.1. The van der Waals surface area contributed by atoms with E-state index in [9.17, 15) is 0 Å². The molecule has 0 radical (unpaired) electrons. The first kappa shape index (κ1) is 14.5. The van der Waals surface area contributed by atoms with Crippen LogP contribution >= 0.6 is 17.0 Å². The minimum Gasteiger partial charge on any atom is -0.352 e. The molecule has 2 aromatic rings. The van der Waals surface area contributed by atoms with Crippen molar-refractivity contribution in [2.75, 3.05) is 11.9 Å². The lowest BCUT2D eigenvalue weighted by Gasteiger charge is -2.14. The van der Waals surface area contributed by atoms with E-state index in [1.807, 2.05) is 30.3 Å². The van der Waals surface area contributed by atoms with Crippen molar-refractivity contribution < 1.29 is 0 Å². The number of aromatic nitrogens is 1. The first-order chi connectivity index (χ1) is 8.29. The van der Waals surface area contributed by atoms with Crippen molar-refractivity contribution >= 4 is 22.7 Å². The van der Waals surface area contributed by atoms with Crippen LogP contribution in [0.1, 0.15) is 11.3 Å². The molecule has 0 aliphatic heterocycles. The fourth-order valence-electron chi connectivity index (χ4n) is 1.69. The smallest absolute Gasteiger partial charge is 0.0468 e. The Bertz CT molecular complexity index is 497. The molecule has 0 saturated carbocycles. The lowest BCUT2D eigenvalue weighted by Crippen LogP contribution is -2.07. The van der Waals surface area contributed by atoms with Gasteiger partial charge in [0.25, 0.3) is 0 Å². The second-order valence-corrected chi connectivity index (χ2v) is 3.96. The average molecular weight is 305 g/mol. The molecule has 3 heteroatoms. The van der Waals surface area contributed by atoms with Crippen LogP contribution in [-0.4, -0.2) is 12.0 Å². The highest BCUT2D eigenvalue weighted by Gasteiger charge is 2.01. The number of rotatable bonds is 4. The van der Waals surface area contributed by atoms with Crippen LogP contribution in [0.15, 0.2) is 61.4 Å². The topological polar surface area (TPSA) is 16.1 Å². The number of pyridine rings is 1. The third-order valence-corrected chi connectivity index (χ3v) is 2.71. The summed E-state index contributed by atoms with van der Waals surface area (Å²) in [6.45, 7) is 3.76. The lowest BCUT2D eigenvalue weighted by atomic mass is 10.1. The number of anilines is 1. The van der Waals surface area contributed by atoms with Crippen LogP contribution in [0.5, 0.6) is 0 Å². The van der Waals surface area contributed by atoms with E-state index < -0.39 is 0 Å². The van der Waals surface area contributed by atoms with Crippen LogP contribution < -0.4 is 4.90 Å². The summed E-state index contributed by atoms with van der Waals surface area (Å²) in [5.41, 5.74) is 3.46. The van der Waals surface area contributed by atoms with Gasteiger partial charge in [-0.3, -0.25) is 4.98 Å². The van der Waals surface area contributed by atoms with E-state index in [1.165, 1.54) is 5.56 Å². The highest BCUT2D eigenvalue weighted by atomic mass is 79.9. The molecule has 0 unspecified atom stereocenters. The van der Waals surface area contributed by atoms with Crippen molar-refractivity contribution in [2.45, 2.75) is 6.42 Å². The van der Waals surface area contributed by atoms with Gasteiger partial charge in [0, 0.05) is 31.0 Å². The largest absolute Gasteiger partial charge is 0.352 e. The van der Waals surface area contributed by atoms with Crippen molar-refractivity contribution in [3.63, 3.8) is 0 Å². The number of benzene rings is 1. The molecule has 2 rings (SSSR count). The molecule has 0 bridgehead atoms. The third-order valence-electron chi connectivity index (χ3n) is 2.71. The lowest BCUT2D eigenvalue weighted by molar-refractivity contribution is 1.06. The SMILES string of the molecule is Br.C=CN(C)c1ccnc(Cc2ccccc2)c1. The van der Waals surface area contributed by atoms with Crippen molar-refractivity contribution in [1.82, 2.24) is 4.98 Å². The van der Waals surface area contributed by atoms with Gasteiger partial charge in [0.1, 0.15) is 0 Å². The van der Waals surface area contributed by atoms with E-state index in [4.69, 9.17) is 0 Å². The summed E-state index contributed by atoms with van der Waals surface area (Å²) >= 11 is 0. The molecular formula is C15H17BrN2. The maximum Gasteiger partial charge on any atom is 0.0468 e. The number of nitrogens with zero attached hydrogens (tertiary/aromatic N) is 2. The van der Waals surface area contributed by atoms with Gasteiger partial charge in [0.05, 0.1) is 0 Å². The zero-order chi connectivity index (χ0) is 12.1. The Morgan fingerprint density at radius 2 is 1.94 bits per heavy atom. The molecule has 94 valence electrons. The van der Waals surface area contributed by atoms with Gasteiger partial charge < -0.3 is 4.90 Å². The molecule has 0 aliphatic carbocycles. The summed E-state index contributed by atoms with van der Waals surface area (Å²) in [5.74, 6) is 0. The first-order valence-corrected chi connectivity index (χ1v) is 5.64. The Labute approximate surface area is 119 Å². The Morgan fingerprint density at radius 1 is 1.22 bits per heavy atom. The molecule has 0 spiro atoms. The standard InChI is InChI=1S/C15H16N2.BrH/c1-3-17(2)15-9-10-16-14(12-15)11-13-7-5-4-6-8-13;/h3-10,12H,1,11H2,2H3;1H. The number of hydrogen-bond donors (Lipinski definition) is 0. The van der Waals surface area contributed by atoms with Crippen LogP contribution in [0.2, 0.25) is 0 Å². The van der Waals surface area contributed by atoms with Gasteiger partial charge in [-0.25, -0.2) is 0 Å². The summed E-state index contributed by atoms with van der Waals surface area (Å²) < 4.78 is 0. The molecule has 0 N–H and O–H groups in total.